The summed E-state index contributed by atoms with van der Waals surface area (Å²) in [6.07, 6.45) is 0. The fourth-order valence-corrected chi connectivity index (χ4v) is 2.23. The van der Waals surface area contributed by atoms with Crippen LogP contribution in [0.25, 0.3) is 5.82 Å². The fourth-order valence-electron chi connectivity index (χ4n) is 2.23. The molecule has 5 heteroatoms. The Labute approximate surface area is 113 Å². The molecule has 0 radical (unpaired) electrons. The number of nitrogens with two attached hydrogens (primary N) is 1. The molecule has 0 unspecified atom stereocenters. The molecule has 0 aliphatic carbocycles. The highest BCUT2D eigenvalue weighted by atomic mass is 15.3. The van der Waals surface area contributed by atoms with Gasteiger partial charge in [0.2, 0.25) is 0 Å². The molecular weight excluding hydrogens is 238 g/mol. The van der Waals surface area contributed by atoms with E-state index in [1.165, 1.54) is 0 Å². The predicted molar refractivity (Wildman–Crippen MR) is 76.1 cm³/mol. The molecule has 0 fully saturated rings. The number of nitrogens with zero attached hydrogens (tertiary/aromatic N) is 3. The van der Waals surface area contributed by atoms with Gasteiger partial charge < -0.3 is 5.73 Å². The highest BCUT2D eigenvalue weighted by molar-refractivity contribution is 5.99. The molecule has 2 aromatic rings. The molecule has 3 N–H and O–H groups in total. The largest absolute Gasteiger partial charge is 0.384 e. The Morgan fingerprint density at radius 3 is 2.32 bits per heavy atom. The van der Waals surface area contributed by atoms with Gasteiger partial charge in [-0.2, -0.15) is 5.10 Å². The summed E-state index contributed by atoms with van der Waals surface area (Å²) in [6.45, 7) is 9.87. The molecule has 0 aliphatic heterocycles. The van der Waals surface area contributed by atoms with Crippen molar-refractivity contribution in [3.05, 3.63) is 39.8 Å². The van der Waals surface area contributed by atoms with E-state index in [9.17, 15) is 0 Å². The van der Waals surface area contributed by atoms with Gasteiger partial charge in [-0.05, 0) is 51.8 Å². The standard InChI is InChI=1S/C14H19N5/c1-7-6-8(2)17-14(12(7)13(15)16)19-11(5)9(3)10(4)18-19/h6H,1-5H3,(H3,15,16). The number of hydrogen-bond donors (Lipinski definition) is 2. The van der Waals surface area contributed by atoms with E-state index < -0.39 is 0 Å². The number of rotatable bonds is 2. The van der Waals surface area contributed by atoms with Gasteiger partial charge in [0.05, 0.1) is 11.3 Å². The summed E-state index contributed by atoms with van der Waals surface area (Å²) < 4.78 is 1.78. The molecule has 100 valence electrons. The molecule has 19 heavy (non-hydrogen) atoms. The van der Waals surface area contributed by atoms with Gasteiger partial charge in [0, 0.05) is 11.4 Å². The molecule has 5 nitrogen and oxygen atoms in total. The van der Waals surface area contributed by atoms with E-state index in [1.807, 2.05) is 40.7 Å². The van der Waals surface area contributed by atoms with E-state index in [2.05, 4.69) is 10.1 Å². The van der Waals surface area contributed by atoms with Crippen LogP contribution in [0, 0.1) is 40.0 Å². The molecule has 2 aromatic heterocycles. The average Bonchev–Trinajstić information content (AvgIpc) is 2.55. The molecule has 0 saturated carbocycles. The monoisotopic (exact) mass is 257 g/mol. The smallest absolute Gasteiger partial charge is 0.165 e. The van der Waals surface area contributed by atoms with Crippen molar-refractivity contribution in [2.24, 2.45) is 5.73 Å². The minimum absolute atomic E-state index is 0.0187. The molecule has 0 aromatic carbocycles. The number of pyridine rings is 1. The van der Waals surface area contributed by atoms with Crippen LogP contribution in [-0.4, -0.2) is 20.6 Å². The maximum Gasteiger partial charge on any atom is 0.165 e. The lowest BCUT2D eigenvalue weighted by atomic mass is 10.1. The Bertz CT molecular complexity index is 667. The normalized spacial score (nSPS) is 10.8. The van der Waals surface area contributed by atoms with Crippen molar-refractivity contribution in [2.75, 3.05) is 0 Å². The van der Waals surface area contributed by atoms with Crippen LogP contribution in [-0.2, 0) is 0 Å². The SMILES string of the molecule is Cc1cc(C)c(C(=N)N)c(-n2nc(C)c(C)c2C)n1. The molecule has 0 bridgehead atoms. The van der Waals surface area contributed by atoms with Crippen LogP contribution in [0.3, 0.4) is 0 Å². The van der Waals surface area contributed by atoms with Crippen molar-refractivity contribution in [1.29, 1.82) is 5.41 Å². The maximum atomic E-state index is 7.76. The first kappa shape index (κ1) is 13.3. The Morgan fingerprint density at radius 1 is 1.21 bits per heavy atom. The summed E-state index contributed by atoms with van der Waals surface area (Å²) in [5.41, 5.74) is 11.3. The number of aryl methyl sites for hydroxylation is 3. The number of nitrogen functional groups attached to an aromatic ring is 1. The molecule has 2 heterocycles. The van der Waals surface area contributed by atoms with Crippen molar-refractivity contribution < 1.29 is 0 Å². The van der Waals surface area contributed by atoms with E-state index in [0.29, 0.717) is 11.4 Å². The minimum Gasteiger partial charge on any atom is -0.384 e. The Balaban J connectivity index is 2.81. The molecular formula is C14H19N5. The van der Waals surface area contributed by atoms with Crippen LogP contribution in [0.5, 0.6) is 0 Å². The van der Waals surface area contributed by atoms with Crippen LogP contribution in [0.15, 0.2) is 6.07 Å². The van der Waals surface area contributed by atoms with Gasteiger partial charge in [-0.1, -0.05) is 0 Å². The van der Waals surface area contributed by atoms with E-state index in [0.717, 1.165) is 28.2 Å². The fraction of sp³-hybridized carbons (Fsp3) is 0.357. The second-order valence-electron chi connectivity index (χ2n) is 4.90. The zero-order valence-corrected chi connectivity index (χ0v) is 12.0. The van der Waals surface area contributed by atoms with Crippen molar-refractivity contribution >= 4 is 5.84 Å². The zero-order chi connectivity index (χ0) is 14.3. The van der Waals surface area contributed by atoms with Crippen molar-refractivity contribution in [1.82, 2.24) is 14.8 Å². The third-order valence-electron chi connectivity index (χ3n) is 3.45. The highest BCUT2D eigenvalue weighted by Gasteiger charge is 2.17. The summed E-state index contributed by atoms with van der Waals surface area (Å²) in [7, 11) is 0. The van der Waals surface area contributed by atoms with Gasteiger partial charge in [0.25, 0.3) is 0 Å². The second kappa shape index (κ2) is 4.50. The Kier molecular flexibility index (Phi) is 3.14. The van der Waals surface area contributed by atoms with E-state index in [-0.39, 0.29) is 5.84 Å². The lowest BCUT2D eigenvalue weighted by Crippen LogP contribution is -2.19. The van der Waals surface area contributed by atoms with Crippen molar-refractivity contribution in [2.45, 2.75) is 34.6 Å². The average molecular weight is 257 g/mol. The van der Waals surface area contributed by atoms with E-state index in [1.54, 1.807) is 4.68 Å². The topological polar surface area (TPSA) is 80.6 Å². The summed E-state index contributed by atoms with van der Waals surface area (Å²) in [4.78, 5) is 4.52. The number of amidine groups is 1. The van der Waals surface area contributed by atoms with E-state index in [4.69, 9.17) is 11.1 Å². The van der Waals surface area contributed by atoms with Crippen LogP contribution in [0.1, 0.15) is 33.8 Å². The number of hydrogen-bond acceptors (Lipinski definition) is 3. The molecule has 0 spiro atoms. The first-order valence-electron chi connectivity index (χ1n) is 6.18. The van der Waals surface area contributed by atoms with Gasteiger partial charge in [0.15, 0.2) is 5.82 Å². The third kappa shape index (κ3) is 2.12. The second-order valence-corrected chi connectivity index (χ2v) is 4.90. The number of nitrogens with one attached hydrogen (secondary N) is 1. The zero-order valence-electron chi connectivity index (χ0n) is 12.0. The number of aromatic nitrogens is 3. The summed E-state index contributed by atoms with van der Waals surface area (Å²) in [5.74, 6) is 0.656. The van der Waals surface area contributed by atoms with Crippen molar-refractivity contribution in [3.63, 3.8) is 0 Å². The van der Waals surface area contributed by atoms with Gasteiger partial charge >= 0.3 is 0 Å². The highest BCUT2D eigenvalue weighted by Crippen LogP contribution is 2.21. The lowest BCUT2D eigenvalue weighted by Gasteiger charge is -2.13. The summed E-state index contributed by atoms with van der Waals surface area (Å²) in [5, 5.41) is 12.3. The van der Waals surface area contributed by atoms with Crippen LogP contribution >= 0.6 is 0 Å². The summed E-state index contributed by atoms with van der Waals surface area (Å²) in [6, 6.07) is 1.93. The van der Waals surface area contributed by atoms with Crippen LogP contribution in [0.2, 0.25) is 0 Å². The van der Waals surface area contributed by atoms with Crippen molar-refractivity contribution in [3.8, 4) is 5.82 Å². The minimum atomic E-state index is 0.0187. The maximum absolute atomic E-state index is 7.76. The predicted octanol–water partition coefficient (Wildman–Crippen LogP) is 2.09. The first-order valence-corrected chi connectivity index (χ1v) is 6.18. The summed E-state index contributed by atoms with van der Waals surface area (Å²) >= 11 is 0. The van der Waals surface area contributed by atoms with Gasteiger partial charge in [0.1, 0.15) is 5.84 Å². The Hall–Kier alpha value is -2.17. The van der Waals surface area contributed by atoms with Gasteiger partial charge in [-0.15, -0.1) is 0 Å². The van der Waals surface area contributed by atoms with Crippen LogP contribution in [0.4, 0.5) is 0 Å². The molecule has 0 aliphatic rings. The van der Waals surface area contributed by atoms with E-state index >= 15 is 0 Å². The quantitative estimate of drug-likeness (QED) is 0.638. The van der Waals surface area contributed by atoms with Crippen LogP contribution < -0.4 is 5.73 Å². The molecule has 2 rings (SSSR count). The molecule has 0 atom stereocenters. The molecule has 0 amide bonds. The van der Waals surface area contributed by atoms with Gasteiger partial charge in [-0.25, -0.2) is 9.67 Å². The third-order valence-corrected chi connectivity index (χ3v) is 3.45. The lowest BCUT2D eigenvalue weighted by molar-refractivity contribution is 0.797. The first-order chi connectivity index (χ1) is 8.82. The van der Waals surface area contributed by atoms with Gasteiger partial charge in [-0.3, -0.25) is 5.41 Å². The molecule has 0 saturated heterocycles. The Morgan fingerprint density at radius 2 is 1.84 bits per heavy atom.